The fourth-order valence-electron chi connectivity index (χ4n) is 1.81. The zero-order valence-electron chi connectivity index (χ0n) is 10.2. The number of nitrogens with one attached hydrogen (secondary N) is 1. The predicted octanol–water partition coefficient (Wildman–Crippen LogP) is 4.42. The van der Waals surface area contributed by atoms with Crippen LogP contribution in [0.25, 0.3) is 0 Å². The van der Waals surface area contributed by atoms with Crippen LogP contribution in [0, 0.1) is 19.7 Å². The molecule has 0 heterocycles. The molecule has 0 aliphatic heterocycles. The van der Waals surface area contributed by atoms with Gasteiger partial charge in [0.15, 0.2) is 0 Å². The van der Waals surface area contributed by atoms with E-state index in [1.807, 2.05) is 26.0 Å². The molecule has 4 heteroatoms. The molecule has 2 nitrogen and oxygen atoms in total. The lowest BCUT2D eigenvalue weighted by Crippen LogP contribution is -1.99. The number of benzene rings is 2. The molecule has 94 valence electrons. The van der Waals surface area contributed by atoms with Crippen molar-refractivity contribution in [1.82, 2.24) is 0 Å². The van der Waals surface area contributed by atoms with Crippen LogP contribution in [0.5, 0.6) is 0 Å². The summed E-state index contributed by atoms with van der Waals surface area (Å²) in [6, 6.07) is 8.52. The number of hydrogen-bond acceptors (Lipinski definition) is 2. The summed E-state index contributed by atoms with van der Waals surface area (Å²) in [6.45, 7) is 3.74. The molecule has 0 fully saturated rings. The minimum atomic E-state index is -0.314. The zero-order valence-corrected chi connectivity index (χ0v) is 11.0. The number of para-hydroxylation sites is 1. The summed E-state index contributed by atoms with van der Waals surface area (Å²) in [7, 11) is 0. The molecule has 0 saturated carbocycles. The molecule has 3 N–H and O–H groups in total. The lowest BCUT2D eigenvalue weighted by Gasteiger charge is -2.14. The van der Waals surface area contributed by atoms with E-state index < -0.39 is 0 Å². The van der Waals surface area contributed by atoms with E-state index in [4.69, 9.17) is 17.3 Å². The highest BCUT2D eigenvalue weighted by atomic mass is 35.5. The quantitative estimate of drug-likeness (QED) is 0.788. The summed E-state index contributed by atoms with van der Waals surface area (Å²) in [5.74, 6) is -0.314. The number of rotatable bonds is 2. The summed E-state index contributed by atoms with van der Waals surface area (Å²) in [5, 5.41) is 3.41. The van der Waals surface area contributed by atoms with Gasteiger partial charge in [0.05, 0.1) is 22.1 Å². The lowest BCUT2D eigenvalue weighted by atomic mass is 10.1. The highest BCUT2D eigenvalue weighted by Crippen LogP contribution is 2.33. The first kappa shape index (κ1) is 12.7. The smallest absolute Gasteiger partial charge is 0.146 e. The van der Waals surface area contributed by atoms with Crippen molar-refractivity contribution in [2.24, 2.45) is 0 Å². The molecule has 0 aliphatic rings. The minimum Gasteiger partial charge on any atom is -0.397 e. The fraction of sp³-hybridized carbons (Fsp3) is 0.143. The van der Waals surface area contributed by atoms with Gasteiger partial charge in [0.1, 0.15) is 5.82 Å². The number of anilines is 3. The Hall–Kier alpha value is -1.74. The molecule has 0 aliphatic carbocycles. The second-order valence-electron chi connectivity index (χ2n) is 4.27. The summed E-state index contributed by atoms with van der Waals surface area (Å²) in [5.41, 5.74) is 9.08. The van der Waals surface area contributed by atoms with Gasteiger partial charge < -0.3 is 11.1 Å². The van der Waals surface area contributed by atoms with E-state index in [2.05, 4.69) is 5.32 Å². The maximum absolute atomic E-state index is 13.7. The first-order valence-electron chi connectivity index (χ1n) is 5.57. The third kappa shape index (κ3) is 2.41. The largest absolute Gasteiger partial charge is 0.397 e. The monoisotopic (exact) mass is 264 g/mol. The molecule has 0 radical (unpaired) electrons. The molecule has 2 aromatic rings. The van der Waals surface area contributed by atoms with Crippen LogP contribution < -0.4 is 11.1 Å². The second kappa shape index (κ2) is 4.86. The van der Waals surface area contributed by atoms with Gasteiger partial charge in [0.2, 0.25) is 0 Å². The molecule has 0 bridgehead atoms. The first-order valence-corrected chi connectivity index (χ1v) is 5.94. The van der Waals surface area contributed by atoms with Gasteiger partial charge in [0, 0.05) is 0 Å². The number of halogens is 2. The molecule has 0 spiro atoms. The van der Waals surface area contributed by atoms with Gasteiger partial charge in [-0.25, -0.2) is 4.39 Å². The Bertz CT molecular complexity index is 576. The molecule has 2 aromatic carbocycles. The van der Waals surface area contributed by atoms with Gasteiger partial charge in [-0.2, -0.15) is 0 Å². The van der Waals surface area contributed by atoms with Gasteiger partial charge in [-0.1, -0.05) is 23.7 Å². The number of nitrogens with two attached hydrogens (primary N) is 1. The molecular weight excluding hydrogens is 251 g/mol. The van der Waals surface area contributed by atoms with E-state index in [9.17, 15) is 4.39 Å². The van der Waals surface area contributed by atoms with Crippen molar-refractivity contribution in [2.45, 2.75) is 13.8 Å². The predicted molar refractivity (Wildman–Crippen MR) is 75.0 cm³/mol. The van der Waals surface area contributed by atoms with Crippen LogP contribution in [0.4, 0.5) is 21.5 Å². The topological polar surface area (TPSA) is 38.0 Å². The zero-order chi connectivity index (χ0) is 13.3. The number of hydrogen-bond donors (Lipinski definition) is 2. The van der Waals surface area contributed by atoms with E-state index in [0.717, 1.165) is 11.1 Å². The molecule has 0 saturated heterocycles. The van der Waals surface area contributed by atoms with Gasteiger partial charge in [-0.3, -0.25) is 0 Å². The SMILES string of the molecule is Cc1cc(N)c(Cl)c(Nc2c(C)cccc2F)c1. The van der Waals surface area contributed by atoms with E-state index >= 15 is 0 Å². The maximum Gasteiger partial charge on any atom is 0.146 e. The van der Waals surface area contributed by atoms with Crippen molar-refractivity contribution < 1.29 is 4.39 Å². The maximum atomic E-state index is 13.7. The van der Waals surface area contributed by atoms with Crippen molar-refractivity contribution in [3.63, 3.8) is 0 Å². The summed E-state index contributed by atoms with van der Waals surface area (Å²) in [6.07, 6.45) is 0. The van der Waals surface area contributed by atoms with Gasteiger partial charge >= 0.3 is 0 Å². The van der Waals surface area contributed by atoms with Gasteiger partial charge in [-0.15, -0.1) is 0 Å². The van der Waals surface area contributed by atoms with Crippen LogP contribution in [0.3, 0.4) is 0 Å². The van der Waals surface area contributed by atoms with Crippen LogP contribution in [0.2, 0.25) is 5.02 Å². The van der Waals surface area contributed by atoms with Gasteiger partial charge in [0.25, 0.3) is 0 Å². The molecule has 18 heavy (non-hydrogen) atoms. The lowest BCUT2D eigenvalue weighted by molar-refractivity contribution is 0.631. The summed E-state index contributed by atoms with van der Waals surface area (Å²) in [4.78, 5) is 0. The number of aryl methyl sites for hydroxylation is 2. The molecule has 0 amide bonds. The van der Waals surface area contributed by atoms with Gasteiger partial charge in [-0.05, 0) is 43.2 Å². The highest BCUT2D eigenvalue weighted by Gasteiger charge is 2.10. The molecule has 0 atom stereocenters. The standard InChI is InChI=1S/C14H14ClFN2/c1-8-6-11(17)13(15)12(7-8)18-14-9(2)4-3-5-10(14)16/h3-7,18H,17H2,1-2H3. The number of nitrogen functional groups attached to an aromatic ring is 1. The van der Waals surface area contributed by atoms with Crippen molar-refractivity contribution in [1.29, 1.82) is 0 Å². The minimum absolute atomic E-state index is 0.314. The normalized spacial score (nSPS) is 10.4. The first-order chi connectivity index (χ1) is 8.49. The third-order valence-electron chi connectivity index (χ3n) is 2.73. The highest BCUT2D eigenvalue weighted by molar-refractivity contribution is 6.35. The third-order valence-corrected chi connectivity index (χ3v) is 3.15. The van der Waals surface area contributed by atoms with Crippen molar-refractivity contribution in [3.05, 3.63) is 52.3 Å². The van der Waals surface area contributed by atoms with Crippen LogP contribution in [0.15, 0.2) is 30.3 Å². The Balaban J connectivity index is 2.46. The molecule has 0 aromatic heterocycles. The molecule has 2 rings (SSSR count). The Morgan fingerprint density at radius 2 is 1.94 bits per heavy atom. The van der Waals surface area contributed by atoms with Crippen molar-refractivity contribution in [3.8, 4) is 0 Å². The van der Waals surface area contributed by atoms with Crippen LogP contribution in [-0.4, -0.2) is 0 Å². The summed E-state index contributed by atoms with van der Waals surface area (Å²) >= 11 is 6.11. The second-order valence-corrected chi connectivity index (χ2v) is 4.65. The Morgan fingerprint density at radius 1 is 1.22 bits per heavy atom. The molecular formula is C14H14ClFN2. The fourth-order valence-corrected chi connectivity index (χ4v) is 1.97. The van der Waals surface area contributed by atoms with Crippen molar-refractivity contribution in [2.75, 3.05) is 11.1 Å². The molecule has 0 unspecified atom stereocenters. The van der Waals surface area contributed by atoms with Crippen LogP contribution in [-0.2, 0) is 0 Å². The van der Waals surface area contributed by atoms with Crippen LogP contribution in [0.1, 0.15) is 11.1 Å². The van der Waals surface area contributed by atoms with E-state index in [1.165, 1.54) is 6.07 Å². The Kier molecular flexibility index (Phi) is 3.43. The van der Waals surface area contributed by atoms with E-state index in [1.54, 1.807) is 12.1 Å². The average Bonchev–Trinajstić information content (AvgIpc) is 2.30. The average molecular weight is 265 g/mol. The van der Waals surface area contributed by atoms with Crippen LogP contribution >= 0.6 is 11.6 Å². The van der Waals surface area contributed by atoms with Crippen molar-refractivity contribution >= 4 is 28.7 Å². The Labute approximate surface area is 111 Å². The summed E-state index contributed by atoms with van der Waals surface area (Å²) < 4.78 is 13.7. The Morgan fingerprint density at radius 3 is 2.61 bits per heavy atom. The van der Waals surface area contributed by atoms with E-state index in [0.29, 0.717) is 22.1 Å². The van der Waals surface area contributed by atoms with E-state index in [-0.39, 0.29) is 5.82 Å².